The third-order valence-corrected chi connectivity index (χ3v) is 14.2. The Labute approximate surface area is 261 Å². The topological polar surface area (TPSA) is 55.4 Å². The van der Waals surface area contributed by atoms with Gasteiger partial charge in [0.2, 0.25) is 14.1 Å². The third-order valence-electron chi connectivity index (χ3n) is 7.69. The molecule has 1 atom stereocenters. The quantitative estimate of drug-likeness (QED) is 0.135. The molecule has 6 nitrogen and oxygen atoms in total. The van der Waals surface area contributed by atoms with Crippen LogP contribution in [0.1, 0.15) is 52.7 Å². The fraction of sp³-hybridized carbons (Fsp3) is 0.471. The summed E-state index contributed by atoms with van der Waals surface area (Å²) in [5, 5.41) is 0. The Bertz CT molecular complexity index is 1190. The van der Waals surface area contributed by atoms with Gasteiger partial charge in [-0.25, -0.2) is 0 Å². The third kappa shape index (κ3) is 8.99. The van der Waals surface area contributed by atoms with Crippen LogP contribution in [0.25, 0.3) is 0 Å². The SMILES string of the molecule is COc1ccc(COC[C@H](CO[Si](C(C)C)(C(C)C)C(C)C)Oc2c(OC)cc(Br)cc2OCc2ccccc2)cc1. The lowest BCUT2D eigenvalue weighted by molar-refractivity contribution is 0.0125. The van der Waals surface area contributed by atoms with Crippen molar-refractivity contribution in [2.24, 2.45) is 0 Å². The molecule has 0 saturated heterocycles. The number of rotatable bonds is 17. The first-order valence-corrected chi connectivity index (χ1v) is 17.6. The molecule has 230 valence electrons. The molecule has 0 heterocycles. The lowest BCUT2D eigenvalue weighted by atomic mass is 10.2. The maximum atomic E-state index is 6.97. The van der Waals surface area contributed by atoms with Gasteiger partial charge in [0.1, 0.15) is 18.5 Å². The van der Waals surface area contributed by atoms with Crippen LogP contribution in [0.5, 0.6) is 23.0 Å². The number of benzene rings is 3. The van der Waals surface area contributed by atoms with Crippen LogP contribution in [0.2, 0.25) is 16.6 Å². The van der Waals surface area contributed by atoms with Crippen molar-refractivity contribution in [1.82, 2.24) is 0 Å². The van der Waals surface area contributed by atoms with E-state index in [-0.39, 0.29) is 6.10 Å². The summed E-state index contributed by atoms with van der Waals surface area (Å²) in [6.45, 7) is 15.3. The maximum Gasteiger partial charge on any atom is 0.204 e. The Kier molecular flexibility index (Phi) is 13.2. The summed E-state index contributed by atoms with van der Waals surface area (Å²) in [7, 11) is 1.15. The second kappa shape index (κ2) is 16.4. The van der Waals surface area contributed by atoms with Crippen LogP contribution in [-0.2, 0) is 22.4 Å². The first-order chi connectivity index (χ1) is 20.1. The van der Waals surface area contributed by atoms with Gasteiger partial charge in [-0.3, -0.25) is 0 Å². The average molecular weight is 660 g/mol. The van der Waals surface area contributed by atoms with E-state index in [4.69, 9.17) is 28.1 Å². The van der Waals surface area contributed by atoms with E-state index in [1.807, 2.05) is 66.7 Å². The van der Waals surface area contributed by atoms with Crippen LogP contribution in [0, 0.1) is 0 Å². The van der Waals surface area contributed by atoms with E-state index in [1.165, 1.54) is 0 Å². The molecule has 42 heavy (non-hydrogen) atoms. The summed E-state index contributed by atoms with van der Waals surface area (Å²) in [6.07, 6.45) is -0.388. The van der Waals surface area contributed by atoms with Crippen LogP contribution < -0.4 is 18.9 Å². The predicted molar refractivity (Wildman–Crippen MR) is 176 cm³/mol. The highest BCUT2D eigenvalue weighted by Crippen LogP contribution is 2.44. The standard InChI is InChI=1S/C34H47BrO6Si/c1-24(2)42(25(3)4,26(5)6)40-23-31(22-38-20-28-14-16-30(36-7)17-15-28)41-34-32(37-8)18-29(35)19-33(34)39-21-27-12-10-9-11-13-27/h9-19,24-26,31H,20-23H2,1-8H3/t31-/m1/s1. The Morgan fingerprint density at radius 2 is 1.29 bits per heavy atom. The number of hydrogen-bond donors (Lipinski definition) is 0. The van der Waals surface area contributed by atoms with E-state index in [2.05, 4.69) is 57.5 Å². The minimum Gasteiger partial charge on any atom is -0.497 e. The molecule has 0 bridgehead atoms. The van der Waals surface area contributed by atoms with Crippen molar-refractivity contribution in [2.75, 3.05) is 27.4 Å². The molecule has 0 spiro atoms. The van der Waals surface area contributed by atoms with Crippen LogP contribution in [0.15, 0.2) is 71.2 Å². The van der Waals surface area contributed by atoms with Gasteiger partial charge in [-0.1, -0.05) is 99.9 Å². The molecule has 0 aliphatic rings. The molecule has 0 unspecified atom stereocenters. The molecule has 0 aliphatic heterocycles. The molecule has 0 aromatic heterocycles. The highest BCUT2D eigenvalue weighted by molar-refractivity contribution is 9.10. The molecular weight excluding hydrogens is 612 g/mol. The zero-order valence-corrected chi connectivity index (χ0v) is 28.9. The fourth-order valence-electron chi connectivity index (χ4n) is 5.71. The predicted octanol–water partition coefficient (Wildman–Crippen LogP) is 9.20. The van der Waals surface area contributed by atoms with Gasteiger partial charge in [0, 0.05) is 4.47 Å². The van der Waals surface area contributed by atoms with Crippen molar-refractivity contribution in [3.8, 4) is 23.0 Å². The second-order valence-electron chi connectivity index (χ2n) is 11.4. The van der Waals surface area contributed by atoms with Gasteiger partial charge in [-0.15, -0.1) is 0 Å². The van der Waals surface area contributed by atoms with Crippen LogP contribution in [-0.4, -0.2) is 41.9 Å². The van der Waals surface area contributed by atoms with E-state index >= 15 is 0 Å². The van der Waals surface area contributed by atoms with Crippen molar-refractivity contribution >= 4 is 24.2 Å². The smallest absolute Gasteiger partial charge is 0.204 e. The summed E-state index contributed by atoms with van der Waals surface area (Å²) in [5.41, 5.74) is 3.46. The Morgan fingerprint density at radius 3 is 1.86 bits per heavy atom. The highest BCUT2D eigenvalue weighted by atomic mass is 79.9. The molecule has 0 saturated carbocycles. The minimum absolute atomic E-state index is 0.335. The normalized spacial score (nSPS) is 12.6. The minimum atomic E-state index is -2.14. The van der Waals surface area contributed by atoms with Crippen molar-refractivity contribution in [2.45, 2.75) is 77.5 Å². The zero-order valence-electron chi connectivity index (χ0n) is 26.3. The average Bonchev–Trinajstić information content (AvgIpc) is 2.97. The van der Waals surface area contributed by atoms with Gasteiger partial charge < -0.3 is 28.1 Å². The van der Waals surface area contributed by atoms with Crippen LogP contribution in [0.4, 0.5) is 0 Å². The molecule has 0 radical (unpaired) electrons. The van der Waals surface area contributed by atoms with Gasteiger partial charge in [-0.05, 0) is 52.0 Å². The zero-order chi connectivity index (χ0) is 30.7. The first-order valence-electron chi connectivity index (χ1n) is 14.7. The highest BCUT2D eigenvalue weighted by Gasteiger charge is 2.45. The number of methoxy groups -OCH3 is 2. The molecule has 0 aliphatic carbocycles. The summed E-state index contributed by atoms with van der Waals surface area (Å²) in [4.78, 5) is 0. The van der Waals surface area contributed by atoms with Crippen LogP contribution >= 0.6 is 15.9 Å². The lowest BCUT2D eigenvalue weighted by Gasteiger charge is -2.43. The first kappa shape index (κ1) is 34.0. The van der Waals surface area contributed by atoms with Crippen molar-refractivity contribution in [3.63, 3.8) is 0 Å². The molecule has 3 aromatic rings. The van der Waals surface area contributed by atoms with Crippen LogP contribution in [0.3, 0.4) is 0 Å². The van der Waals surface area contributed by atoms with Gasteiger partial charge in [0.15, 0.2) is 11.5 Å². The molecule has 3 rings (SSSR count). The number of ether oxygens (including phenoxy) is 5. The second-order valence-corrected chi connectivity index (χ2v) is 17.8. The molecule has 8 heteroatoms. The fourth-order valence-corrected chi connectivity index (χ4v) is 11.6. The van der Waals surface area contributed by atoms with Gasteiger partial charge in [0.05, 0.1) is 34.0 Å². The molecule has 0 N–H and O–H groups in total. The van der Waals surface area contributed by atoms with Gasteiger partial charge >= 0.3 is 0 Å². The molecular formula is C34H47BrO6Si. The Balaban J connectivity index is 1.88. The van der Waals surface area contributed by atoms with Crippen molar-refractivity contribution in [1.29, 1.82) is 0 Å². The van der Waals surface area contributed by atoms with Gasteiger partial charge in [-0.2, -0.15) is 0 Å². The molecule has 0 fully saturated rings. The monoisotopic (exact) mass is 658 g/mol. The van der Waals surface area contributed by atoms with Gasteiger partial charge in [0.25, 0.3) is 0 Å². The summed E-state index contributed by atoms with van der Waals surface area (Å²) in [5.74, 6) is 2.51. The van der Waals surface area contributed by atoms with E-state index in [1.54, 1.807) is 14.2 Å². The number of hydrogen-bond acceptors (Lipinski definition) is 6. The lowest BCUT2D eigenvalue weighted by Crippen LogP contribution is -2.50. The maximum absolute atomic E-state index is 6.97. The van der Waals surface area contributed by atoms with E-state index in [0.717, 1.165) is 21.3 Å². The largest absolute Gasteiger partial charge is 0.497 e. The van der Waals surface area contributed by atoms with E-state index in [9.17, 15) is 0 Å². The number of halogens is 1. The molecule has 0 amide bonds. The summed E-state index contributed by atoms with van der Waals surface area (Å²) in [6, 6.07) is 21.7. The van der Waals surface area contributed by atoms with E-state index in [0.29, 0.717) is 60.3 Å². The molecule has 3 aromatic carbocycles. The van der Waals surface area contributed by atoms with Crippen molar-refractivity contribution in [3.05, 3.63) is 82.3 Å². The summed E-state index contributed by atoms with van der Waals surface area (Å²) < 4.78 is 38.1. The Morgan fingerprint density at radius 1 is 0.690 bits per heavy atom. The Hall–Kier alpha value is -2.52. The van der Waals surface area contributed by atoms with Crippen molar-refractivity contribution < 1.29 is 28.1 Å². The summed E-state index contributed by atoms with van der Waals surface area (Å²) >= 11 is 3.59. The van der Waals surface area contributed by atoms with E-state index < -0.39 is 8.32 Å².